The largest absolute Gasteiger partial charge is 0.497 e. The number of rotatable bonds is 8. The van der Waals surface area contributed by atoms with Crippen LogP contribution in [0.25, 0.3) is 6.08 Å². The third kappa shape index (κ3) is 4.95. The van der Waals surface area contributed by atoms with E-state index < -0.39 is 12.0 Å². The summed E-state index contributed by atoms with van der Waals surface area (Å²) >= 11 is 4.82. The minimum Gasteiger partial charge on any atom is -0.497 e. The van der Waals surface area contributed by atoms with Crippen LogP contribution in [0, 0.1) is 0 Å². The van der Waals surface area contributed by atoms with Crippen LogP contribution in [0.2, 0.25) is 0 Å². The first-order valence-corrected chi connectivity index (χ1v) is 13.2. The molecule has 0 radical (unpaired) electrons. The van der Waals surface area contributed by atoms with Gasteiger partial charge in [0.15, 0.2) is 16.3 Å². The van der Waals surface area contributed by atoms with E-state index in [-0.39, 0.29) is 17.7 Å². The predicted molar refractivity (Wildman–Crippen MR) is 147 cm³/mol. The molecular formula is C27H27BrN2O7S. The van der Waals surface area contributed by atoms with E-state index in [4.69, 9.17) is 23.7 Å². The van der Waals surface area contributed by atoms with Gasteiger partial charge >= 0.3 is 5.97 Å². The van der Waals surface area contributed by atoms with Gasteiger partial charge < -0.3 is 23.7 Å². The molecule has 200 valence electrons. The average molecular weight is 603 g/mol. The monoisotopic (exact) mass is 602 g/mol. The van der Waals surface area contributed by atoms with Gasteiger partial charge in [0.05, 0.1) is 56.9 Å². The number of carbonyl (C=O) groups excluding carboxylic acids is 1. The summed E-state index contributed by atoms with van der Waals surface area (Å²) < 4.78 is 29.7. The van der Waals surface area contributed by atoms with Crippen molar-refractivity contribution in [3.05, 3.63) is 76.9 Å². The van der Waals surface area contributed by atoms with Crippen molar-refractivity contribution in [2.75, 3.05) is 35.0 Å². The number of thiazole rings is 1. The van der Waals surface area contributed by atoms with Gasteiger partial charge in [-0.1, -0.05) is 27.3 Å². The van der Waals surface area contributed by atoms with Crippen LogP contribution in [0.5, 0.6) is 23.0 Å². The number of aromatic nitrogens is 1. The quantitative estimate of drug-likeness (QED) is 0.363. The Morgan fingerprint density at radius 1 is 1.05 bits per heavy atom. The second kappa shape index (κ2) is 11.4. The van der Waals surface area contributed by atoms with Crippen LogP contribution in [-0.2, 0) is 9.53 Å². The van der Waals surface area contributed by atoms with Gasteiger partial charge in [-0.05, 0) is 55.8 Å². The Morgan fingerprint density at radius 2 is 1.74 bits per heavy atom. The highest BCUT2D eigenvalue weighted by molar-refractivity contribution is 9.10. The summed E-state index contributed by atoms with van der Waals surface area (Å²) in [5.41, 5.74) is 1.69. The highest BCUT2D eigenvalue weighted by Crippen LogP contribution is 2.40. The molecule has 0 aliphatic carbocycles. The van der Waals surface area contributed by atoms with Gasteiger partial charge in [-0.25, -0.2) is 9.79 Å². The fourth-order valence-corrected chi connectivity index (χ4v) is 5.84. The molecule has 1 aliphatic heterocycles. The third-order valence-electron chi connectivity index (χ3n) is 6.04. The van der Waals surface area contributed by atoms with Gasteiger partial charge in [-0.2, -0.15) is 0 Å². The van der Waals surface area contributed by atoms with Gasteiger partial charge in [0.2, 0.25) is 0 Å². The fraction of sp³-hybridized carbons (Fsp3) is 0.296. The molecule has 2 aromatic carbocycles. The van der Waals surface area contributed by atoms with Crippen molar-refractivity contribution in [1.29, 1.82) is 0 Å². The van der Waals surface area contributed by atoms with Crippen molar-refractivity contribution in [1.82, 2.24) is 4.57 Å². The van der Waals surface area contributed by atoms with Gasteiger partial charge in [0.1, 0.15) is 11.5 Å². The molecule has 1 aliphatic rings. The Kier molecular flexibility index (Phi) is 8.27. The predicted octanol–water partition coefficient (Wildman–Crippen LogP) is 3.60. The molecular weight excluding hydrogens is 576 g/mol. The molecule has 4 rings (SSSR count). The number of hydrogen-bond acceptors (Lipinski definition) is 9. The summed E-state index contributed by atoms with van der Waals surface area (Å²) in [5.74, 6) is 1.60. The first-order chi connectivity index (χ1) is 18.3. The number of allylic oxidation sites excluding steroid dienone is 1. The molecule has 0 N–H and O–H groups in total. The molecule has 3 aromatic rings. The van der Waals surface area contributed by atoms with E-state index in [1.165, 1.54) is 30.1 Å². The van der Waals surface area contributed by atoms with Gasteiger partial charge in [0, 0.05) is 10.0 Å². The van der Waals surface area contributed by atoms with Crippen LogP contribution < -0.4 is 33.8 Å². The normalized spacial score (nSPS) is 15.0. The Morgan fingerprint density at radius 3 is 2.37 bits per heavy atom. The maximum absolute atomic E-state index is 13.9. The van der Waals surface area contributed by atoms with Gasteiger partial charge in [-0.15, -0.1) is 0 Å². The van der Waals surface area contributed by atoms with Crippen LogP contribution in [0.1, 0.15) is 31.0 Å². The zero-order valence-corrected chi connectivity index (χ0v) is 24.2. The fourth-order valence-electron chi connectivity index (χ4n) is 4.26. The second-order valence-electron chi connectivity index (χ2n) is 8.14. The van der Waals surface area contributed by atoms with Crippen LogP contribution >= 0.6 is 27.3 Å². The number of esters is 1. The summed E-state index contributed by atoms with van der Waals surface area (Å²) in [6.07, 6.45) is 1.73. The third-order valence-corrected chi connectivity index (χ3v) is 7.71. The summed E-state index contributed by atoms with van der Waals surface area (Å²) in [6.45, 7) is 3.64. The zero-order chi connectivity index (χ0) is 27.6. The highest BCUT2D eigenvalue weighted by atomic mass is 79.9. The van der Waals surface area contributed by atoms with Crippen molar-refractivity contribution in [2.24, 2.45) is 4.99 Å². The Bertz CT molecular complexity index is 1610. The van der Waals surface area contributed by atoms with Crippen LogP contribution in [0.15, 0.2) is 55.9 Å². The lowest BCUT2D eigenvalue weighted by Crippen LogP contribution is -2.40. The van der Waals surface area contributed by atoms with Crippen molar-refractivity contribution >= 4 is 39.3 Å². The van der Waals surface area contributed by atoms with E-state index in [2.05, 4.69) is 20.9 Å². The number of halogens is 1. The van der Waals surface area contributed by atoms with Crippen molar-refractivity contribution < 1.29 is 28.5 Å². The molecule has 2 heterocycles. The number of fused-ring (bicyclic) bond motifs is 1. The molecule has 0 fully saturated rings. The summed E-state index contributed by atoms with van der Waals surface area (Å²) in [4.78, 5) is 32.2. The lowest BCUT2D eigenvalue weighted by atomic mass is 9.95. The van der Waals surface area contributed by atoms with Crippen molar-refractivity contribution in [3.8, 4) is 23.0 Å². The zero-order valence-electron chi connectivity index (χ0n) is 21.8. The number of hydrogen-bond donors (Lipinski definition) is 0. The summed E-state index contributed by atoms with van der Waals surface area (Å²) in [7, 11) is 6.19. The van der Waals surface area contributed by atoms with Crippen LogP contribution in [-0.4, -0.2) is 45.6 Å². The Hall–Kier alpha value is -3.57. The first kappa shape index (κ1) is 27.5. The molecule has 1 aromatic heterocycles. The average Bonchev–Trinajstić information content (AvgIpc) is 3.21. The molecule has 1 atom stereocenters. The second-order valence-corrected chi connectivity index (χ2v) is 10.0. The van der Waals surface area contributed by atoms with Crippen molar-refractivity contribution in [2.45, 2.75) is 19.9 Å². The number of methoxy groups -OCH3 is 4. The number of ether oxygens (including phenoxy) is 5. The lowest BCUT2D eigenvalue weighted by Gasteiger charge is -2.26. The standard InChI is InChI=1S/C27H27BrN2O7S/c1-7-37-26(32)23-14(2)29-27-30(24(23)17-12-20(35-5)21(36-6)13-18(17)28)25(31)22(38-27)11-15-10-16(33-3)8-9-19(15)34-4/h8-13,24H,7H2,1-6H3/b22-11-. The molecule has 38 heavy (non-hydrogen) atoms. The Labute approximate surface area is 231 Å². The molecule has 0 bridgehead atoms. The molecule has 0 spiro atoms. The molecule has 11 heteroatoms. The first-order valence-electron chi connectivity index (χ1n) is 11.6. The molecule has 0 saturated carbocycles. The number of nitrogens with zero attached hydrogens (tertiary/aromatic N) is 2. The van der Waals surface area contributed by atoms with E-state index >= 15 is 0 Å². The van der Waals surface area contributed by atoms with E-state index in [1.807, 2.05) is 0 Å². The lowest BCUT2D eigenvalue weighted by molar-refractivity contribution is -0.139. The number of carbonyl (C=O) groups is 1. The van der Waals surface area contributed by atoms with Gasteiger partial charge in [0.25, 0.3) is 5.56 Å². The topological polar surface area (TPSA) is 97.6 Å². The molecule has 0 amide bonds. The van der Waals surface area contributed by atoms with E-state index in [0.717, 1.165) is 0 Å². The minimum atomic E-state index is -0.825. The number of benzene rings is 2. The van der Waals surface area contributed by atoms with Crippen LogP contribution in [0.3, 0.4) is 0 Å². The molecule has 9 nitrogen and oxygen atoms in total. The van der Waals surface area contributed by atoms with Crippen molar-refractivity contribution in [3.63, 3.8) is 0 Å². The minimum absolute atomic E-state index is 0.176. The summed E-state index contributed by atoms with van der Waals surface area (Å²) in [5, 5.41) is 0. The van der Waals surface area contributed by atoms with Gasteiger partial charge in [-0.3, -0.25) is 9.36 Å². The van der Waals surface area contributed by atoms with E-state index in [9.17, 15) is 9.59 Å². The molecule has 0 saturated heterocycles. The summed E-state index contributed by atoms with van der Waals surface area (Å²) in [6, 6.07) is 8.00. The maximum Gasteiger partial charge on any atom is 0.338 e. The Balaban J connectivity index is 2.02. The SMILES string of the molecule is CCOC(=O)C1=C(C)N=c2s/c(=C\c3cc(OC)ccc3OC)c(=O)n2C1c1cc(OC)c(OC)cc1Br. The van der Waals surface area contributed by atoms with E-state index in [0.29, 0.717) is 53.6 Å². The van der Waals surface area contributed by atoms with Crippen LogP contribution in [0.4, 0.5) is 0 Å². The van der Waals surface area contributed by atoms with E-state index in [1.54, 1.807) is 64.5 Å². The molecule has 1 unspecified atom stereocenters. The maximum atomic E-state index is 13.9. The highest BCUT2D eigenvalue weighted by Gasteiger charge is 2.35. The smallest absolute Gasteiger partial charge is 0.338 e.